The number of nitrogens with zero attached hydrogens (tertiary/aromatic N) is 4. The number of hydrogen-bond acceptors (Lipinski definition) is 5. The molecule has 1 heterocycles. The van der Waals surface area contributed by atoms with Gasteiger partial charge in [0.1, 0.15) is 0 Å². The maximum absolute atomic E-state index is 12.1. The summed E-state index contributed by atoms with van der Waals surface area (Å²) < 4.78 is 3.00. The Bertz CT molecular complexity index is 669. The molecule has 0 saturated carbocycles. The minimum absolute atomic E-state index is 0.0676. The molecule has 0 radical (unpaired) electrons. The van der Waals surface area contributed by atoms with Crippen LogP contribution in [0.2, 0.25) is 0 Å². The SMILES string of the molecule is CC(C)n1c(SCC(=O)Nc2ccc(Br)cc2)nnc1N(C)C. The van der Waals surface area contributed by atoms with Gasteiger partial charge >= 0.3 is 0 Å². The lowest BCUT2D eigenvalue weighted by Crippen LogP contribution is -2.18. The largest absolute Gasteiger partial charge is 0.347 e. The molecular weight excluding hydrogens is 378 g/mol. The van der Waals surface area contributed by atoms with Crippen LogP contribution >= 0.6 is 27.7 Å². The van der Waals surface area contributed by atoms with Gasteiger partial charge in [0, 0.05) is 30.3 Å². The van der Waals surface area contributed by atoms with Crippen LogP contribution in [0.4, 0.5) is 11.6 Å². The molecule has 1 aromatic carbocycles. The van der Waals surface area contributed by atoms with Gasteiger partial charge in [-0.25, -0.2) is 0 Å². The average molecular weight is 398 g/mol. The van der Waals surface area contributed by atoms with E-state index in [1.54, 1.807) is 0 Å². The van der Waals surface area contributed by atoms with Crippen LogP contribution in [0.25, 0.3) is 0 Å². The van der Waals surface area contributed by atoms with E-state index in [1.165, 1.54) is 11.8 Å². The van der Waals surface area contributed by atoms with Gasteiger partial charge in [-0.15, -0.1) is 10.2 Å². The number of anilines is 2. The highest BCUT2D eigenvalue weighted by atomic mass is 79.9. The van der Waals surface area contributed by atoms with Gasteiger partial charge in [-0.3, -0.25) is 9.36 Å². The van der Waals surface area contributed by atoms with Gasteiger partial charge in [0.25, 0.3) is 0 Å². The molecule has 0 atom stereocenters. The number of halogens is 1. The van der Waals surface area contributed by atoms with Crippen LogP contribution in [0.3, 0.4) is 0 Å². The summed E-state index contributed by atoms with van der Waals surface area (Å²) in [7, 11) is 3.86. The van der Waals surface area contributed by atoms with Gasteiger partial charge in [0.15, 0.2) is 5.16 Å². The zero-order chi connectivity index (χ0) is 17.0. The summed E-state index contributed by atoms with van der Waals surface area (Å²) >= 11 is 4.76. The summed E-state index contributed by atoms with van der Waals surface area (Å²) in [5.41, 5.74) is 0.776. The molecule has 0 aliphatic rings. The van der Waals surface area contributed by atoms with Crippen molar-refractivity contribution in [3.05, 3.63) is 28.7 Å². The highest BCUT2D eigenvalue weighted by Gasteiger charge is 2.17. The van der Waals surface area contributed by atoms with E-state index in [-0.39, 0.29) is 17.7 Å². The van der Waals surface area contributed by atoms with E-state index in [0.717, 1.165) is 21.3 Å². The van der Waals surface area contributed by atoms with Crippen molar-refractivity contribution >= 4 is 45.2 Å². The first kappa shape index (κ1) is 17.8. The molecular formula is C15H20BrN5OS. The lowest BCUT2D eigenvalue weighted by molar-refractivity contribution is -0.113. The molecule has 0 spiro atoms. The molecule has 1 aromatic heterocycles. The molecule has 1 N–H and O–H groups in total. The van der Waals surface area contributed by atoms with Crippen molar-refractivity contribution in [2.24, 2.45) is 0 Å². The third-order valence-corrected chi connectivity index (χ3v) is 4.50. The number of hydrogen-bond donors (Lipinski definition) is 1. The number of thioether (sulfide) groups is 1. The Morgan fingerprint density at radius 2 is 1.96 bits per heavy atom. The van der Waals surface area contributed by atoms with Crippen molar-refractivity contribution < 1.29 is 4.79 Å². The topological polar surface area (TPSA) is 63.1 Å². The van der Waals surface area contributed by atoms with Crippen LogP contribution in [-0.4, -0.2) is 40.5 Å². The number of carbonyl (C=O) groups excluding carboxylic acids is 1. The number of carbonyl (C=O) groups is 1. The van der Waals surface area contributed by atoms with Crippen LogP contribution < -0.4 is 10.2 Å². The number of aromatic nitrogens is 3. The molecule has 0 bridgehead atoms. The molecule has 0 fully saturated rings. The van der Waals surface area contributed by atoms with Gasteiger partial charge in [-0.05, 0) is 38.1 Å². The third kappa shape index (κ3) is 4.71. The van der Waals surface area contributed by atoms with Crippen LogP contribution in [0.15, 0.2) is 33.9 Å². The minimum Gasteiger partial charge on any atom is -0.347 e. The highest BCUT2D eigenvalue weighted by molar-refractivity contribution is 9.10. The Labute approximate surface area is 148 Å². The first-order valence-corrected chi connectivity index (χ1v) is 8.96. The van der Waals surface area contributed by atoms with Gasteiger partial charge in [-0.1, -0.05) is 27.7 Å². The fourth-order valence-corrected chi connectivity index (χ4v) is 3.11. The smallest absolute Gasteiger partial charge is 0.234 e. The van der Waals surface area contributed by atoms with Crippen molar-refractivity contribution in [2.45, 2.75) is 25.0 Å². The van der Waals surface area contributed by atoms with Crippen molar-refractivity contribution in [2.75, 3.05) is 30.1 Å². The van der Waals surface area contributed by atoms with Crippen molar-refractivity contribution in [1.29, 1.82) is 0 Å². The van der Waals surface area contributed by atoms with E-state index >= 15 is 0 Å². The van der Waals surface area contributed by atoms with Gasteiger partial charge < -0.3 is 10.2 Å². The molecule has 0 aliphatic heterocycles. The molecule has 23 heavy (non-hydrogen) atoms. The fourth-order valence-electron chi connectivity index (χ4n) is 1.98. The lowest BCUT2D eigenvalue weighted by atomic mass is 10.3. The predicted octanol–water partition coefficient (Wildman–Crippen LogP) is 3.42. The maximum atomic E-state index is 12.1. The zero-order valence-corrected chi connectivity index (χ0v) is 16.0. The second kappa shape index (κ2) is 7.83. The first-order chi connectivity index (χ1) is 10.9. The molecule has 2 rings (SSSR count). The van der Waals surface area contributed by atoms with E-state index in [9.17, 15) is 4.79 Å². The highest BCUT2D eigenvalue weighted by Crippen LogP contribution is 2.25. The van der Waals surface area contributed by atoms with Gasteiger partial charge in [0.2, 0.25) is 11.9 Å². The molecule has 2 aromatic rings. The molecule has 8 heteroatoms. The van der Waals surface area contributed by atoms with Gasteiger partial charge in [-0.2, -0.15) is 0 Å². The quantitative estimate of drug-likeness (QED) is 0.756. The van der Waals surface area contributed by atoms with E-state index < -0.39 is 0 Å². The minimum atomic E-state index is -0.0676. The van der Waals surface area contributed by atoms with E-state index in [4.69, 9.17) is 0 Å². The summed E-state index contributed by atoms with van der Waals surface area (Å²) in [5, 5.41) is 12.0. The molecule has 1 amide bonds. The van der Waals surface area contributed by atoms with Crippen LogP contribution in [-0.2, 0) is 4.79 Å². The molecule has 6 nitrogen and oxygen atoms in total. The Morgan fingerprint density at radius 1 is 1.30 bits per heavy atom. The first-order valence-electron chi connectivity index (χ1n) is 7.19. The standard InChI is InChI=1S/C15H20BrN5OS/c1-10(2)21-14(20(3)4)18-19-15(21)23-9-13(22)17-12-7-5-11(16)6-8-12/h5-8,10H,9H2,1-4H3,(H,17,22). The fraction of sp³-hybridized carbons (Fsp3) is 0.400. The summed E-state index contributed by atoms with van der Waals surface area (Å²) in [6, 6.07) is 7.71. The predicted molar refractivity (Wildman–Crippen MR) is 98.2 cm³/mol. The number of nitrogens with one attached hydrogen (secondary N) is 1. The Morgan fingerprint density at radius 3 is 2.52 bits per heavy atom. The summed E-state index contributed by atoms with van der Waals surface area (Å²) in [4.78, 5) is 14.0. The number of rotatable bonds is 6. The second-order valence-electron chi connectivity index (χ2n) is 5.48. The van der Waals surface area contributed by atoms with Crippen LogP contribution in [0.5, 0.6) is 0 Å². The maximum Gasteiger partial charge on any atom is 0.234 e. The Kier molecular flexibility index (Phi) is 6.06. The summed E-state index contributed by atoms with van der Waals surface area (Å²) in [6.07, 6.45) is 0. The van der Waals surface area contributed by atoms with Crippen LogP contribution in [0.1, 0.15) is 19.9 Å². The second-order valence-corrected chi connectivity index (χ2v) is 7.34. The Hall–Kier alpha value is -1.54. The third-order valence-electron chi connectivity index (χ3n) is 3.02. The summed E-state index contributed by atoms with van der Waals surface area (Å²) in [6.45, 7) is 4.14. The lowest BCUT2D eigenvalue weighted by Gasteiger charge is -2.17. The van der Waals surface area contributed by atoms with Crippen LogP contribution in [0, 0.1) is 0 Å². The van der Waals surface area contributed by atoms with Gasteiger partial charge in [0.05, 0.1) is 5.75 Å². The molecule has 124 valence electrons. The zero-order valence-electron chi connectivity index (χ0n) is 13.6. The van der Waals surface area contributed by atoms with E-state index in [2.05, 4.69) is 45.3 Å². The number of amides is 1. The van der Waals surface area contributed by atoms with E-state index in [0.29, 0.717) is 0 Å². The average Bonchev–Trinajstić information content (AvgIpc) is 2.92. The molecule has 0 aliphatic carbocycles. The summed E-state index contributed by atoms with van der Waals surface area (Å²) in [5.74, 6) is 1.01. The van der Waals surface area contributed by atoms with Crippen molar-refractivity contribution in [3.8, 4) is 0 Å². The monoisotopic (exact) mass is 397 g/mol. The van der Waals surface area contributed by atoms with Crippen molar-refractivity contribution in [1.82, 2.24) is 14.8 Å². The number of benzene rings is 1. The van der Waals surface area contributed by atoms with E-state index in [1.807, 2.05) is 47.8 Å². The molecule has 0 saturated heterocycles. The molecule has 0 unspecified atom stereocenters. The van der Waals surface area contributed by atoms with Crippen molar-refractivity contribution in [3.63, 3.8) is 0 Å². The Balaban J connectivity index is 2.00. The normalized spacial score (nSPS) is 10.9.